The van der Waals surface area contributed by atoms with Gasteiger partial charge in [-0.1, -0.05) is 0 Å². The molecule has 7 heteroatoms. The van der Waals surface area contributed by atoms with Crippen molar-refractivity contribution in [2.75, 3.05) is 32.7 Å². The van der Waals surface area contributed by atoms with Gasteiger partial charge in [-0.15, -0.1) is 0 Å². The second-order valence-corrected chi connectivity index (χ2v) is 5.02. The Balaban J connectivity index is 2.02. The Morgan fingerprint density at radius 2 is 1.81 bits per heavy atom. The molecular weight excluding hydrogens is 276 g/mol. The van der Waals surface area contributed by atoms with Gasteiger partial charge in [-0.2, -0.15) is 0 Å². The van der Waals surface area contributed by atoms with Gasteiger partial charge in [0.05, 0.1) is 6.54 Å². The third-order valence-electron chi connectivity index (χ3n) is 3.46. The SMILES string of the molecule is O=C(O)CN1CCCN(C(=O)c2ccc(O)c(O)c2)CC1. The van der Waals surface area contributed by atoms with Crippen molar-refractivity contribution in [3.63, 3.8) is 0 Å². The molecule has 0 radical (unpaired) electrons. The number of hydrogen-bond acceptors (Lipinski definition) is 5. The maximum absolute atomic E-state index is 12.3. The number of amides is 1. The highest BCUT2D eigenvalue weighted by atomic mass is 16.4. The van der Waals surface area contributed by atoms with E-state index >= 15 is 0 Å². The topological polar surface area (TPSA) is 101 Å². The van der Waals surface area contributed by atoms with Gasteiger partial charge in [-0.05, 0) is 24.6 Å². The highest BCUT2D eigenvalue weighted by Crippen LogP contribution is 2.25. The van der Waals surface area contributed by atoms with Gasteiger partial charge in [-0.3, -0.25) is 14.5 Å². The van der Waals surface area contributed by atoms with E-state index in [0.29, 0.717) is 38.2 Å². The lowest BCUT2D eigenvalue weighted by Gasteiger charge is -2.21. The molecule has 1 aliphatic heterocycles. The van der Waals surface area contributed by atoms with Gasteiger partial charge >= 0.3 is 5.97 Å². The number of aromatic hydroxyl groups is 2. The van der Waals surface area contributed by atoms with Crippen LogP contribution in [0.5, 0.6) is 11.5 Å². The van der Waals surface area contributed by atoms with Crippen LogP contribution >= 0.6 is 0 Å². The van der Waals surface area contributed by atoms with Crippen LogP contribution in [-0.2, 0) is 4.79 Å². The minimum atomic E-state index is -0.877. The molecule has 0 aromatic heterocycles. The maximum atomic E-state index is 12.3. The van der Waals surface area contributed by atoms with Crippen molar-refractivity contribution in [2.24, 2.45) is 0 Å². The van der Waals surface area contributed by atoms with Crippen LogP contribution in [-0.4, -0.2) is 69.7 Å². The van der Waals surface area contributed by atoms with Crippen LogP contribution in [0.15, 0.2) is 18.2 Å². The van der Waals surface area contributed by atoms with E-state index in [-0.39, 0.29) is 24.0 Å². The van der Waals surface area contributed by atoms with Crippen molar-refractivity contribution >= 4 is 11.9 Å². The third kappa shape index (κ3) is 3.85. The zero-order valence-electron chi connectivity index (χ0n) is 11.5. The van der Waals surface area contributed by atoms with Gasteiger partial charge < -0.3 is 20.2 Å². The van der Waals surface area contributed by atoms with Gasteiger partial charge in [0.2, 0.25) is 0 Å². The fourth-order valence-electron chi connectivity index (χ4n) is 2.36. The lowest BCUT2D eigenvalue weighted by molar-refractivity contribution is -0.138. The van der Waals surface area contributed by atoms with E-state index in [1.54, 1.807) is 9.80 Å². The van der Waals surface area contributed by atoms with Crippen LogP contribution in [0.1, 0.15) is 16.8 Å². The van der Waals surface area contributed by atoms with Crippen molar-refractivity contribution in [2.45, 2.75) is 6.42 Å². The van der Waals surface area contributed by atoms with Gasteiger partial charge in [0.15, 0.2) is 11.5 Å². The summed E-state index contributed by atoms with van der Waals surface area (Å²) < 4.78 is 0. The minimum Gasteiger partial charge on any atom is -0.504 e. The number of carbonyl (C=O) groups excluding carboxylic acids is 1. The number of carbonyl (C=O) groups is 2. The normalized spacial score (nSPS) is 16.5. The highest BCUT2D eigenvalue weighted by molar-refractivity contribution is 5.94. The largest absolute Gasteiger partial charge is 0.504 e. The standard InChI is InChI=1S/C14H18N2O5/c17-11-3-2-10(8-12(11)18)14(21)16-5-1-4-15(6-7-16)9-13(19)20/h2-3,8,17-18H,1,4-7,9H2,(H,19,20). The summed E-state index contributed by atoms with van der Waals surface area (Å²) in [5, 5.41) is 27.5. The molecule has 1 aromatic rings. The highest BCUT2D eigenvalue weighted by Gasteiger charge is 2.21. The molecule has 0 spiro atoms. The molecule has 1 heterocycles. The second-order valence-electron chi connectivity index (χ2n) is 5.02. The van der Waals surface area contributed by atoms with Crippen molar-refractivity contribution in [3.8, 4) is 11.5 Å². The van der Waals surface area contributed by atoms with Crippen molar-refractivity contribution in [3.05, 3.63) is 23.8 Å². The van der Waals surface area contributed by atoms with Crippen LogP contribution in [0.25, 0.3) is 0 Å². The molecule has 0 saturated carbocycles. The van der Waals surface area contributed by atoms with Crippen LogP contribution in [0.4, 0.5) is 0 Å². The van der Waals surface area contributed by atoms with Gasteiger partial charge in [0, 0.05) is 31.7 Å². The first-order valence-corrected chi connectivity index (χ1v) is 6.73. The Labute approximate surface area is 122 Å². The number of carboxylic acids is 1. The zero-order valence-corrected chi connectivity index (χ0v) is 11.5. The van der Waals surface area contributed by atoms with E-state index in [2.05, 4.69) is 0 Å². The molecule has 0 atom stereocenters. The van der Waals surface area contributed by atoms with E-state index in [4.69, 9.17) is 5.11 Å². The quantitative estimate of drug-likeness (QED) is 0.695. The Kier molecular flexibility index (Phi) is 4.64. The number of carboxylic acid groups (broad SMARTS) is 1. The number of phenolic OH excluding ortho intramolecular Hbond substituents is 2. The summed E-state index contributed by atoms with van der Waals surface area (Å²) in [6.45, 7) is 2.09. The number of nitrogens with zero attached hydrogens (tertiary/aromatic N) is 2. The lowest BCUT2D eigenvalue weighted by Crippen LogP contribution is -2.36. The molecule has 1 fully saturated rings. The fourth-order valence-corrected chi connectivity index (χ4v) is 2.36. The Hall–Kier alpha value is -2.28. The second kappa shape index (κ2) is 6.45. The predicted octanol–water partition coefficient (Wildman–Crippen LogP) is 0.330. The van der Waals surface area contributed by atoms with Gasteiger partial charge in [0.1, 0.15) is 0 Å². The fraction of sp³-hybridized carbons (Fsp3) is 0.429. The van der Waals surface area contributed by atoms with Gasteiger partial charge in [0.25, 0.3) is 5.91 Å². The summed E-state index contributed by atoms with van der Waals surface area (Å²) in [7, 11) is 0. The maximum Gasteiger partial charge on any atom is 0.317 e. The van der Waals surface area contributed by atoms with E-state index < -0.39 is 5.97 Å². The van der Waals surface area contributed by atoms with E-state index in [1.807, 2.05) is 0 Å². The molecule has 0 unspecified atom stereocenters. The Morgan fingerprint density at radius 3 is 2.48 bits per heavy atom. The summed E-state index contributed by atoms with van der Waals surface area (Å²) >= 11 is 0. The van der Waals surface area contributed by atoms with Gasteiger partial charge in [-0.25, -0.2) is 0 Å². The number of rotatable bonds is 3. The zero-order chi connectivity index (χ0) is 15.4. The monoisotopic (exact) mass is 294 g/mol. The van der Waals surface area contributed by atoms with Crippen molar-refractivity contribution in [1.82, 2.24) is 9.80 Å². The third-order valence-corrected chi connectivity index (χ3v) is 3.46. The number of hydrogen-bond donors (Lipinski definition) is 3. The molecule has 21 heavy (non-hydrogen) atoms. The number of aliphatic carboxylic acids is 1. The van der Waals surface area contributed by atoms with E-state index in [1.165, 1.54) is 18.2 Å². The summed E-state index contributed by atoms with van der Waals surface area (Å²) in [5.41, 5.74) is 0.303. The Bertz CT molecular complexity index is 546. The first-order chi connectivity index (χ1) is 9.97. The summed E-state index contributed by atoms with van der Waals surface area (Å²) in [6.07, 6.45) is 0.698. The molecule has 1 aromatic carbocycles. The Morgan fingerprint density at radius 1 is 1.05 bits per heavy atom. The number of benzene rings is 1. The van der Waals surface area contributed by atoms with Crippen LogP contribution < -0.4 is 0 Å². The van der Waals surface area contributed by atoms with Crippen molar-refractivity contribution in [1.29, 1.82) is 0 Å². The molecular formula is C14H18N2O5. The molecule has 1 saturated heterocycles. The predicted molar refractivity (Wildman–Crippen MR) is 74.4 cm³/mol. The molecule has 7 nitrogen and oxygen atoms in total. The lowest BCUT2D eigenvalue weighted by atomic mass is 10.1. The average molecular weight is 294 g/mol. The molecule has 0 aliphatic carbocycles. The summed E-state index contributed by atoms with van der Waals surface area (Å²) in [4.78, 5) is 26.5. The minimum absolute atomic E-state index is 0.0258. The molecule has 114 valence electrons. The van der Waals surface area contributed by atoms with Crippen LogP contribution in [0.3, 0.4) is 0 Å². The smallest absolute Gasteiger partial charge is 0.317 e. The van der Waals surface area contributed by atoms with Crippen LogP contribution in [0.2, 0.25) is 0 Å². The molecule has 2 rings (SSSR count). The summed E-state index contributed by atoms with van der Waals surface area (Å²) in [6, 6.07) is 3.96. The number of phenols is 2. The molecule has 0 bridgehead atoms. The molecule has 1 amide bonds. The van der Waals surface area contributed by atoms with Crippen LogP contribution in [0, 0.1) is 0 Å². The van der Waals surface area contributed by atoms with E-state index in [0.717, 1.165) is 0 Å². The summed E-state index contributed by atoms with van der Waals surface area (Å²) in [5.74, 6) is -1.71. The van der Waals surface area contributed by atoms with E-state index in [9.17, 15) is 19.8 Å². The first kappa shape index (κ1) is 15.1. The molecule has 3 N–H and O–H groups in total. The average Bonchev–Trinajstić information content (AvgIpc) is 2.66. The molecule has 1 aliphatic rings. The first-order valence-electron chi connectivity index (χ1n) is 6.73. The van der Waals surface area contributed by atoms with Crippen molar-refractivity contribution < 1.29 is 24.9 Å².